The van der Waals surface area contributed by atoms with Crippen molar-refractivity contribution < 1.29 is 43.0 Å². The average Bonchev–Trinajstić information content (AvgIpc) is 3.09. The summed E-state index contributed by atoms with van der Waals surface area (Å²) in [4.78, 5) is 68.4. The number of methoxy groups -OCH3 is 2. The van der Waals surface area contributed by atoms with Crippen LogP contribution >= 0.6 is 0 Å². The first kappa shape index (κ1) is 35.1. The van der Waals surface area contributed by atoms with Crippen LogP contribution in [0.1, 0.15) is 48.2 Å². The van der Waals surface area contributed by atoms with Gasteiger partial charge >= 0.3 is 11.9 Å². The van der Waals surface area contributed by atoms with E-state index in [9.17, 15) is 29.3 Å². The molecule has 1 aliphatic rings. The molecule has 13 nitrogen and oxygen atoms in total. The van der Waals surface area contributed by atoms with Gasteiger partial charge in [0.1, 0.15) is 5.54 Å². The van der Waals surface area contributed by atoms with Crippen LogP contribution in [0.25, 0.3) is 0 Å². The van der Waals surface area contributed by atoms with Gasteiger partial charge in [-0.05, 0) is 56.2 Å². The van der Waals surface area contributed by atoms with E-state index in [-0.39, 0.29) is 24.5 Å². The zero-order chi connectivity index (χ0) is 35.1. The molecule has 3 aromatic carbocycles. The standard InChI is InChI=1S/C35H37N3O10/c1-6-47-32(41)35(33(42)48-7-2,22-23-13-18-28(45-4)29(21-23)46-5)37-20-19-27(24-14-16-26(17-15-24)38(43)44)34(3,31(37)40)36-30(39)25-11-9-8-10-12-25/h8-21,27H,6-7,22H2,1-5H3,(H,36,39)/t27-,34-/m0/s1. The van der Waals surface area contributed by atoms with E-state index < -0.39 is 52.1 Å². The van der Waals surface area contributed by atoms with E-state index in [4.69, 9.17) is 18.9 Å². The maximum atomic E-state index is 14.9. The number of rotatable bonds is 13. The molecule has 0 bridgehead atoms. The summed E-state index contributed by atoms with van der Waals surface area (Å²) in [6.07, 6.45) is 2.45. The molecule has 0 fully saturated rings. The molecule has 2 amide bonds. The molecule has 0 radical (unpaired) electrons. The quantitative estimate of drug-likeness (QED) is 0.121. The fourth-order valence-electron chi connectivity index (χ4n) is 5.69. The molecule has 1 heterocycles. The lowest BCUT2D eigenvalue weighted by molar-refractivity contribution is -0.384. The molecule has 2 atom stereocenters. The fourth-order valence-corrected chi connectivity index (χ4v) is 5.69. The van der Waals surface area contributed by atoms with Gasteiger partial charge in [0, 0.05) is 36.2 Å². The number of carbonyl (C=O) groups excluding carboxylic acids is 4. The van der Waals surface area contributed by atoms with Gasteiger partial charge in [-0.2, -0.15) is 0 Å². The Hall–Kier alpha value is -5.72. The number of non-ortho nitro benzene ring substituents is 1. The zero-order valence-corrected chi connectivity index (χ0v) is 27.3. The molecule has 3 aromatic rings. The van der Waals surface area contributed by atoms with Crippen molar-refractivity contribution in [2.45, 2.75) is 44.2 Å². The van der Waals surface area contributed by atoms with Gasteiger partial charge < -0.3 is 24.3 Å². The van der Waals surface area contributed by atoms with Crippen molar-refractivity contribution in [2.75, 3.05) is 27.4 Å². The lowest BCUT2D eigenvalue weighted by Crippen LogP contribution is -2.70. The highest BCUT2D eigenvalue weighted by Crippen LogP contribution is 2.41. The van der Waals surface area contributed by atoms with Crippen molar-refractivity contribution in [1.29, 1.82) is 0 Å². The molecule has 1 aliphatic heterocycles. The van der Waals surface area contributed by atoms with Crippen LogP contribution in [0.2, 0.25) is 0 Å². The van der Waals surface area contributed by atoms with Gasteiger partial charge in [0.25, 0.3) is 17.5 Å². The molecule has 0 saturated heterocycles. The minimum Gasteiger partial charge on any atom is -0.493 e. The minimum atomic E-state index is -2.39. The molecule has 48 heavy (non-hydrogen) atoms. The van der Waals surface area contributed by atoms with Crippen LogP contribution in [-0.4, -0.2) is 72.1 Å². The highest BCUT2D eigenvalue weighted by Gasteiger charge is 2.60. The average molecular weight is 660 g/mol. The SMILES string of the molecule is CCOC(=O)C(Cc1ccc(OC)c(OC)c1)(C(=O)OCC)N1C=C[C@@H](c2ccc([N+](=O)[O-])cc2)[C@](C)(NC(=O)c2ccccc2)C1=O. The van der Waals surface area contributed by atoms with E-state index in [2.05, 4.69) is 5.32 Å². The van der Waals surface area contributed by atoms with E-state index in [0.29, 0.717) is 22.6 Å². The Bertz CT molecular complexity index is 1690. The summed E-state index contributed by atoms with van der Waals surface area (Å²) in [7, 11) is 2.89. The Morgan fingerprint density at radius 1 is 0.917 bits per heavy atom. The fraction of sp³-hybridized carbons (Fsp3) is 0.314. The number of nitrogens with one attached hydrogen (secondary N) is 1. The summed E-state index contributed by atoms with van der Waals surface area (Å²) in [5.74, 6) is -3.72. The van der Waals surface area contributed by atoms with Crippen LogP contribution in [0.5, 0.6) is 11.5 Å². The third kappa shape index (κ3) is 6.70. The Morgan fingerprint density at radius 2 is 1.52 bits per heavy atom. The first-order valence-electron chi connectivity index (χ1n) is 15.2. The zero-order valence-electron chi connectivity index (χ0n) is 27.3. The molecule has 0 aromatic heterocycles. The second kappa shape index (κ2) is 14.8. The van der Waals surface area contributed by atoms with Gasteiger partial charge in [-0.1, -0.05) is 42.5 Å². The first-order chi connectivity index (χ1) is 23.0. The van der Waals surface area contributed by atoms with Crippen LogP contribution < -0.4 is 14.8 Å². The van der Waals surface area contributed by atoms with Gasteiger partial charge in [-0.25, -0.2) is 9.59 Å². The molecule has 0 spiro atoms. The number of esters is 2. The van der Waals surface area contributed by atoms with Crippen LogP contribution in [0.3, 0.4) is 0 Å². The number of ether oxygens (including phenoxy) is 4. The van der Waals surface area contributed by atoms with Crippen molar-refractivity contribution in [3.8, 4) is 11.5 Å². The van der Waals surface area contributed by atoms with Crippen LogP contribution in [-0.2, 0) is 30.3 Å². The summed E-state index contributed by atoms with van der Waals surface area (Å²) < 4.78 is 21.7. The summed E-state index contributed by atoms with van der Waals surface area (Å²) in [6.45, 7) is 4.35. The third-order valence-corrected chi connectivity index (χ3v) is 8.13. The number of hydrogen-bond acceptors (Lipinski definition) is 10. The van der Waals surface area contributed by atoms with Gasteiger partial charge in [0.05, 0.1) is 32.4 Å². The van der Waals surface area contributed by atoms with Crippen molar-refractivity contribution in [3.05, 3.63) is 112 Å². The molecule has 252 valence electrons. The first-order valence-corrected chi connectivity index (χ1v) is 15.2. The predicted molar refractivity (Wildman–Crippen MR) is 173 cm³/mol. The molecule has 0 saturated carbocycles. The van der Waals surface area contributed by atoms with E-state index in [1.165, 1.54) is 51.6 Å². The Morgan fingerprint density at radius 3 is 2.06 bits per heavy atom. The van der Waals surface area contributed by atoms with Gasteiger partial charge in [-0.15, -0.1) is 0 Å². The Kier molecular flexibility index (Phi) is 10.8. The predicted octanol–water partition coefficient (Wildman–Crippen LogP) is 4.35. The molecular formula is C35H37N3O10. The molecule has 4 rings (SSSR count). The monoisotopic (exact) mass is 659 g/mol. The summed E-state index contributed by atoms with van der Waals surface area (Å²) in [5.41, 5.74) is -3.28. The number of hydrogen-bond donors (Lipinski definition) is 1. The Labute approximate surface area is 277 Å². The topological polar surface area (TPSA) is 164 Å². The van der Waals surface area contributed by atoms with E-state index >= 15 is 0 Å². The van der Waals surface area contributed by atoms with E-state index in [0.717, 1.165) is 4.90 Å². The molecular weight excluding hydrogens is 622 g/mol. The number of benzene rings is 3. The van der Waals surface area contributed by atoms with Crippen LogP contribution in [0.15, 0.2) is 85.1 Å². The number of nitro groups is 1. The third-order valence-electron chi connectivity index (χ3n) is 8.13. The molecule has 13 heteroatoms. The van der Waals surface area contributed by atoms with Gasteiger partial charge in [0.2, 0.25) is 5.54 Å². The second-order valence-corrected chi connectivity index (χ2v) is 11.0. The number of amides is 2. The minimum absolute atomic E-state index is 0.120. The summed E-state index contributed by atoms with van der Waals surface area (Å²) in [5, 5.41) is 14.2. The van der Waals surface area contributed by atoms with E-state index in [1.807, 2.05) is 0 Å². The number of nitro benzene ring substituents is 1. The van der Waals surface area contributed by atoms with Crippen LogP contribution in [0.4, 0.5) is 5.69 Å². The van der Waals surface area contributed by atoms with Crippen molar-refractivity contribution in [3.63, 3.8) is 0 Å². The largest absolute Gasteiger partial charge is 0.493 e. The second-order valence-electron chi connectivity index (χ2n) is 11.0. The highest BCUT2D eigenvalue weighted by atomic mass is 16.6. The normalized spacial score (nSPS) is 17.3. The summed E-state index contributed by atoms with van der Waals surface area (Å²) >= 11 is 0. The molecule has 0 aliphatic carbocycles. The van der Waals surface area contributed by atoms with Crippen molar-refractivity contribution >= 4 is 29.4 Å². The van der Waals surface area contributed by atoms with Crippen molar-refractivity contribution in [2.24, 2.45) is 0 Å². The Balaban J connectivity index is 1.94. The van der Waals surface area contributed by atoms with Crippen LogP contribution in [0, 0.1) is 10.1 Å². The van der Waals surface area contributed by atoms with Gasteiger partial charge in [0.15, 0.2) is 11.5 Å². The summed E-state index contributed by atoms with van der Waals surface area (Å²) in [6, 6.07) is 18.5. The highest BCUT2D eigenvalue weighted by molar-refractivity contribution is 6.11. The number of carbonyl (C=O) groups is 4. The van der Waals surface area contributed by atoms with Crippen molar-refractivity contribution in [1.82, 2.24) is 10.2 Å². The lowest BCUT2D eigenvalue weighted by atomic mass is 9.75. The maximum Gasteiger partial charge on any atom is 0.344 e. The molecule has 0 unspecified atom stereocenters. The lowest BCUT2D eigenvalue weighted by Gasteiger charge is -2.47. The number of nitrogens with zero attached hydrogens (tertiary/aromatic N) is 2. The smallest absolute Gasteiger partial charge is 0.344 e. The maximum absolute atomic E-state index is 14.9. The van der Waals surface area contributed by atoms with E-state index in [1.54, 1.807) is 68.5 Å². The molecule has 1 N–H and O–H groups in total. The van der Waals surface area contributed by atoms with Gasteiger partial charge in [-0.3, -0.25) is 24.6 Å².